The fraction of sp³-hybridized carbons (Fsp3) is 0.105. The summed E-state index contributed by atoms with van der Waals surface area (Å²) >= 11 is 2.80. The van der Waals surface area contributed by atoms with E-state index in [1.165, 1.54) is 22.7 Å². The van der Waals surface area contributed by atoms with Crippen molar-refractivity contribution in [2.24, 2.45) is 0 Å². The molecule has 0 unspecified atom stereocenters. The van der Waals surface area contributed by atoms with Gasteiger partial charge in [0.1, 0.15) is 10.6 Å². The molecule has 4 aromatic rings. The Morgan fingerprint density at radius 3 is 2.65 bits per heavy atom. The molecule has 2 aromatic heterocycles. The van der Waals surface area contributed by atoms with Gasteiger partial charge in [-0.1, -0.05) is 41.7 Å². The average Bonchev–Trinajstić information content (AvgIpc) is 3.24. The molecule has 1 amide bonds. The van der Waals surface area contributed by atoms with Crippen molar-refractivity contribution in [3.63, 3.8) is 0 Å². The SMILES string of the molecule is COc1ccc2nc(NC(=O)c3sc(C)nc3-c3ccccc3)sc2c1. The van der Waals surface area contributed by atoms with E-state index in [-0.39, 0.29) is 5.91 Å². The predicted molar refractivity (Wildman–Crippen MR) is 106 cm³/mol. The minimum atomic E-state index is -0.194. The molecule has 0 fully saturated rings. The minimum Gasteiger partial charge on any atom is -0.497 e. The second kappa shape index (κ2) is 6.86. The predicted octanol–water partition coefficient (Wildman–Crippen LogP) is 4.99. The minimum absolute atomic E-state index is 0.194. The van der Waals surface area contributed by atoms with Crippen LogP contribution in [0.3, 0.4) is 0 Å². The second-order valence-electron chi connectivity index (χ2n) is 5.58. The summed E-state index contributed by atoms with van der Waals surface area (Å²) in [7, 11) is 1.63. The van der Waals surface area contributed by atoms with Crippen molar-refractivity contribution in [3.8, 4) is 17.0 Å². The Kier molecular flexibility index (Phi) is 4.40. The number of carbonyl (C=O) groups is 1. The molecule has 0 saturated carbocycles. The summed E-state index contributed by atoms with van der Waals surface area (Å²) in [6.45, 7) is 1.90. The van der Waals surface area contributed by atoms with Crippen molar-refractivity contribution in [2.75, 3.05) is 12.4 Å². The summed E-state index contributed by atoms with van der Waals surface area (Å²) in [6, 6.07) is 15.4. The number of nitrogens with zero attached hydrogens (tertiary/aromatic N) is 2. The molecule has 2 heterocycles. The smallest absolute Gasteiger partial charge is 0.269 e. The van der Waals surface area contributed by atoms with Gasteiger partial charge in [0.25, 0.3) is 5.91 Å². The van der Waals surface area contributed by atoms with Gasteiger partial charge in [0.15, 0.2) is 5.13 Å². The van der Waals surface area contributed by atoms with Crippen LogP contribution in [0.25, 0.3) is 21.5 Å². The third-order valence-electron chi connectivity index (χ3n) is 3.80. The zero-order chi connectivity index (χ0) is 18.1. The Balaban J connectivity index is 1.65. The van der Waals surface area contributed by atoms with E-state index in [1.807, 2.05) is 55.5 Å². The molecule has 1 N–H and O–H groups in total. The Bertz CT molecular complexity index is 1090. The average molecular weight is 381 g/mol. The summed E-state index contributed by atoms with van der Waals surface area (Å²) < 4.78 is 6.20. The largest absolute Gasteiger partial charge is 0.497 e. The van der Waals surface area contributed by atoms with E-state index in [0.717, 1.165) is 26.5 Å². The van der Waals surface area contributed by atoms with E-state index in [0.29, 0.717) is 15.7 Å². The Hall–Kier alpha value is -2.77. The molecule has 0 bridgehead atoms. The standard InChI is InChI=1S/C19H15N3O2S2/c1-11-20-16(12-6-4-3-5-7-12)17(25-11)18(23)22-19-21-14-9-8-13(24-2)10-15(14)26-19/h3-10H,1-2H3,(H,21,22,23). The van der Waals surface area contributed by atoms with Crippen LogP contribution >= 0.6 is 22.7 Å². The van der Waals surface area contributed by atoms with Gasteiger partial charge in [-0.15, -0.1) is 11.3 Å². The molecule has 5 nitrogen and oxygen atoms in total. The topological polar surface area (TPSA) is 64.1 Å². The molecule has 0 saturated heterocycles. The van der Waals surface area contributed by atoms with Gasteiger partial charge in [-0.05, 0) is 25.1 Å². The van der Waals surface area contributed by atoms with Crippen LogP contribution in [0.5, 0.6) is 5.75 Å². The first kappa shape index (κ1) is 16.7. The molecule has 0 aliphatic rings. The summed E-state index contributed by atoms with van der Waals surface area (Å²) in [6.07, 6.45) is 0. The molecular formula is C19H15N3O2S2. The third-order valence-corrected chi connectivity index (χ3v) is 5.71. The number of anilines is 1. The number of ether oxygens (including phenoxy) is 1. The lowest BCUT2D eigenvalue weighted by atomic mass is 10.1. The molecule has 130 valence electrons. The highest BCUT2D eigenvalue weighted by Gasteiger charge is 2.19. The monoisotopic (exact) mass is 381 g/mol. The number of aromatic nitrogens is 2. The van der Waals surface area contributed by atoms with Crippen LogP contribution in [0, 0.1) is 6.92 Å². The molecule has 26 heavy (non-hydrogen) atoms. The number of thiazole rings is 2. The molecule has 0 spiro atoms. The van der Waals surface area contributed by atoms with Gasteiger partial charge in [0, 0.05) is 5.56 Å². The number of rotatable bonds is 4. The zero-order valence-corrected chi connectivity index (χ0v) is 15.8. The van der Waals surface area contributed by atoms with Crippen molar-refractivity contribution in [1.29, 1.82) is 0 Å². The van der Waals surface area contributed by atoms with Crippen LogP contribution in [0.4, 0.5) is 5.13 Å². The lowest BCUT2D eigenvalue weighted by Crippen LogP contribution is -2.11. The van der Waals surface area contributed by atoms with Crippen LogP contribution in [-0.4, -0.2) is 23.0 Å². The van der Waals surface area contributed by atoms with Crippen LogP contribution in [0.2, 0.25) is 0 Å². The zero-order valence-electron chi connectivity index (χ0n) is 14.1. The molecular weight excluding hydrogens is 366 g/mol. The number of benzene rings is 2. The van der Waals surface area contributed by atoms with E-state index in [1.54, 1.807) is 7.11 Å². The van der Waals surface area contributed by atoms with Gasteiger partial charge in [-0.25, -0.2) is 9.97 Å². The van der Waals surface area contributed by atoms with E-state index in [9.17, 15) is 4.79 Å². The number of hydrogen-bond donors (Lipinski definition) is 1. The number of methoxy groups -OCH3 is 1. The number of carbonyl (C=O) groups excluding carboxylic acids is 1. The number of amides is 1. The first-order chi connectivity index (χ1) is 12.6. The molecule has 0 radical (unpaired) electrons. The highest BCUT2D eigenvalue weighted by Crippen LogP contribution is 2.32. The second-order valence-corrected chi connectivity index (χ2v) is 7.82. The van der Waals surface area contributed by atoms with E-state index in [2.05, 4.69) is 15.3 Å². The van der Waals surface area contributed by atoms with Crippen molar-refractivity contribution in [1.82, 2.24) is 9.97 Å². The molecule has 4 rings (SSSR count). The van der Waals surface area contributed by atoms with Gasteiger partial charge in [0.2, 0.25) is 0 Å². The lowest BCUT2D eigenvalue weighted by molar-refractivity contribution is 0.103. The Morgan fingerprint density at radius 2 is 1.88 bits per heavy atom. The highest BCUT2D eigenvalue weighted by atomic mass is 32.1. The van der Waals surface area contributed by atoms with Crippen molar-refractivity contribution < 1.29 is 9.53 Å². The van der Waals surface area contributed by atoms with Gasteiger partial charge in [-0.2, -0.15) is 0 Å². The Labute approximate surface area is 158 Å². The van der Waals surface area contributed by atoms with E-state index >= 15 is 0 Å². The number of hydrogen-bond acceptors (Lipinski definition) is 6. The maximum atomic E-state index is 12.8. The quantitative estimate of drug-likeness (QED) is 0.541. The molecule has 0 atom stereocenters. The summed E-state index contributed by atoms with van der Waals surface area (Å²) in [5.41, 5.74) is 2.46. The summed E-state index contributed by atoms with van der Waals surface area (Å²) in [4.78, 5) is 22.4. The van der Waals surface area contributed by atoms with Gasteiger partial charge in [-0.3, -0.25) is 10.1 Å². The summed E-state index contributed by atoms with van der Waals surface area (Å²) in [5, 5.41) is 4.32. The lowest BCUT2D eigenvalue weighted by Gasteiger charge is -2.02. The van der Waals surface area contributed by atoms with Crippen molar-refractivity contribution in [3.05, 3.63) is 58.4 Å². The third kappa shape index (κ3) is 3.18. The normalized spacial score (nSPS) is 10.8. The van der Waals surface area contributed by atoms with Crippen molar-refractivity contribution in [2.45, 2.75) is 6.92 Å². The molecule has 2 aromatic carbocycles. The van der Waals surface area contributed by atoms with Gasteiger partial charge >= 0.3 is 0 Å². The maximum Gasteiger partial charge on any atom is 0.269 e. The first-order valence-electron chi connectivity index (χ1n) is 7.93. The van der Waals surface area contributed by atoms with Gasteiger partial charge < -0.3 is 4.74 Å². The number of fused-ring (bicyclic) bond motifs is 1. The molecule has 0 aliphatic heterocycles. The van der Waals surface area contributed by atoms with Crippen LogP contribution < -0.4 is 10.1 Å². The van der Waals surface area contributed by atoms with Crippen LogP contribution in [0.15, 0.2) is 48.5 Å². The van der Waals surface area contributed by atoms with Crippen LogP contribution in [0.1, 0.15) is 14.7 Å². The fourth-order valence-electron chi connectivity index (χ4n) is 2.61. The molecule has 7 heteroatoms. The van der Waals surface area contributed by atoms with E-state index < -0.39 is 0 Å². The molecule has 0 aliphatic carbocycles. The Morgan fingerprint density at radius 1 is 1.08 bits per heavy atom. The van der Waals surface area contributed by atoms with Gasteiger partial charge in [0.05, 0.1) is 28.0 Å². The fourth-order valence-corrected chi connectivity index (χ4v) is 4.34. The van der Waals surface area contributed by atoms with E-state index in [4.69, 9.17) is 4.74 Å². The van der Waals surface area contributed by atoms with Crippen molar-refractivity contribution >= 4 is 43.9 Å². The summed E-state index contributed by atoms with van der Waals surface area (Å²) in [5.74, 6) is 0.573. The first-order valence-corrected chi connectivity index (χ1v) is 9.56. The highest BCUT2D eigenvalue weighted by molar-refractivity contribution is 7.22. The number of aryl methyl sites for hydroxylation is 1. The van der Waals surface area contributed by atoms with Crippen LogP contribution in [-0.2, 0) is 0 Å². The maximum absolute atomic E-state index is 12.8. The number of nitrogens with one attached hydrogen (secondary N) is 1.